The maximum Gasteiger partial charge on any atom is 0.255 e. The average Bonchev–Trinajstić information content (AvgIpc) is 2.62. The van der Waals surface area contributed by atoms with E-state index in [-0.39, 0.29) is 11.8 Å². The molecule has 1 N–H and O–H groups in total. The number of fused-ring (bicyclic) bond motifs is 1. The Morgan fingerprint density at radius 2 is 1.84 bits per heavy atom. The van der Waals surface area contributed by atoms with Crippen LogP contribution in [0.3, 0.4) is 0 Å². The first kappa shape index (κ1) is 17.2. The number of hydrogen-bond donors (Lipinski definition) is 1. The van der Waals surface area contributed by atoms with Gasteiger partial charge in [-0.2, -0.15) is 0 Å². The van der Waals surface area contributed by atoms with Crippen molar-refractivity contribution in [1.82, 2.24) is 4.90 Å². The van der Waals surface area contributed by atoms with E-state index < -0.39 is 0 Å². The van der Waals surface area contributed by atoms with Crippen LogP contribution >= 0.6 is 0 Å². The van der Waals surface area contributed by atoms with Crippen molar-refractivity contribution in [3.63, 3.8) is 0 Å². The first-order valence-electron chi connectivity index (χ1n) is 8.84. The number of hydrogen-bond acceptors (Lipinski definition) is 2. The van der Waals surface area contributed by atoms with Gasteiger partial charge in [-0.1, -0.05) is 31.5 Å². The summed E-state index contributed by atoms with van der Waals surface area (Å²) < 4.78 is 0. The molecule has 0 saturated carbocycles. The maximum atomic E-state index is 12.4. The van der Waals surface area contributed by atoms with Gasteiger partial charge in [0.05, 0.1) is 0 Å². The number of carbonyl (C=O) groups is 2. The Balaban J connectivity index is 1.71. The fourth-order valence-corrected chi connectivity index (χ4v) is 3.22. The van der Waals surface area contributed by atoms with Crippen molar-refractivity contribution >= 4 is 17.5 Å². The molecule has 0 unspecified atom stereocenters. The molecule has 0 fully saturated rings. The van der Waals surface area contributed by atoms with Crippen molar-refractivity contribution in [3.8, 4) is 0 Å². The Morgan fingerprint density at radius 3 is 2.52 bits per heavy atom. The Labute approximate surface area is 148 Å². The van der Waals surface area contributed by atoms with Crippen LogP contribution in [0.1, 0.15) is 47.3 Å². The molecule has 0 bridgehead atoms. The van der Waals surface area contributed by atoms with Gasteiger partial charge in [0.25, 0.3) is 5.91 Å². The largest absolute Gasteiger partial charge is 0.338 e. The lowest BCUT2D eigenvalue weighted by molar-refractivity contribution is -0.129. The van der Waals surface area contributed by atoms with E-state index in [2.05, 4.69) is 12.2 Å². The Morgan fingerprint density at radius 1 is 1.08 bits per heavy atom. The molecule has 1 heterocycles. The third-order valence-corrected chi connectivity index (χ3v) is 4.68. The van der Waals surface area contributed by atoms with Crippen LogP contribution < -0.4 is 5.32 Å². The Hall–Kier alpha value is -2.62. The second-order valence-electron chi connectivity index (χ2n) is 6.58. The zero-order valence-electron chi connectivity index (χ0n) is 14.8. The first-order chi connectivity index (χ1) is 12.1. The topological polar surface area (TPSA) is 49.4 Å². The van der Waals surface area contributed by atoms with E-state index in [9.17, 15) is 9.59 Å². The summed E-state index contributed by atoms with van der Waals surface area (Å²) in [5.41, 5.74) is 5.03. The van der Waals surface area contributed by atoms with Crippen molar-refractivity contribution in [3.05, 3.63) is 64.7 Å². The predicted molar refractivity (Wildman–Crippen MR) is 99.6 cm³/mol. The number of aryl methyl sites for hydroxylation is 1. The first-order valence-corrected chi connectivity index (χ1v) is 8.84. The Kier molecular flexibility index (Phi) is 5.17. The second-order valence-corrected chi connectivity index (χ2v) is 6.58. The van der Waals surface area contributed by atoms with Gasteiger partial charge in [0.2, 0.25) is 5.91 Å². The maximum absolute atomic E-state index is 12.4. The lowest BCUT2D eigenvalue weighted by Crippen LogP contribution is -2.34. The summed E-state index contributed by atoms with van der Waals surface area (Å²) in [6.45, 7) is 5.11. The number of benzene rings is 2. The summed E-state index contributed by atoms with van der Waals surface area (Å²) >= 11 is 0. The summed E-state index contributed by atoms with van der Waals surface area (Å²) in [7, 11) is 0. The monoisotopic (exact) mass is 336 g/mol. The van der Waals surface area contributed by atoms with Crippen molar-refractivity contribution in [1.29, 1.82) is 0 Å². The van der Waals surface area contributed by atoms with Crippen LogP contribution in [0.4, 0.5) is 5.69 Å². The van der Waals surface area contributed by atoms with Gasteiger partial charge in [-0.15, -0.1) is 0 Å². The number of rotatable bonds is 4. The van der Waals surface area contributed by atoms with E-state index in [0.717, 1.165) is 37.1 Å². The molecule has 130 valence electrons. The van der Waals surface area contributed by atoms with Crippen molar-refractivity contribution in [2.45, 2.75) is 39.7 Å². The smallest absolute Gasteiger partial charge is 0.255 e. The van der Waals surface area contributed by atoms with Gasteiger partial charge >= 0.3 is 0 Å². The highest BCUT2D eigenvalue weighted by molar-refractivity contribution is 6.04. The van der Waals surface area contributed by atoms with Gasteiger partial charge in [-0.05, 0) is 53.8 Å². The normalized spacial score (nSPS) is 13.3. The minimum atomic E-state index is -0.109. The standard InChI is InChI=1S/C21H24N2O2/c1-3-4-16-5-7-18(8-6-16)21(25)22-20-10-9-17-11-12-23(15(2)24)14-19(17)13-20/h5-10,13H,3-4,11-12,14H2,1-2H3,(H,22,25). The highest BCUT2D eigenvalue weighted by atomic mass is 16.2. The lowest BCUT2D eigenvalue weighted by Gasteiger charge is -2.28. The van der Waals surface area contributed by atoms with Gasteiger partial charge in [0, 0.05) is 31.3 Å². The molecule has 2 aromatic rings. The molecule has 1 aliphatic heterocycles. The van der Waals surface area contributed by atoms with Crippen molar-refractivity contribution < 1.29 is 9.59 Å². The molecule has 25 heavy (non-hydrogen) atoms. The quantitative estimate of drug-likeness (QED) is 0.923. The van der Waals surface area contributed by atoms with E-state index in [0.29, 0.717) is 12.1 Å². The van der Waals surface area contributed by atoms with Crippen LogP contribution in [-0.2, 0) is 24.2 Å². The summed E-state index contributed by atoms with van der Waals surface area (Å²) in [4.78, 5) is 25.9. The average molecular weight is 336 g/mol. The van der Waals surface area contributed by atoms with Crippen molar-refractivity contribution in [2.24, 2.45) is 0 Å². The highest BCUT2D eigenvalue weighted by Crippen LogP contribution is 2.23. The molecular weight excluding hydrogens is 312 g/mol. The van der Waals surface area contributed by atoms with Crippen LogP contribution in [0.2, 0.25) is 0 Å². The molecule has 0 saturated heterocycles. The Bertz CT molecular complexity index is 781. The zero-order chi connectivity index (χ0) is 17.8. The molecule has 0 spiro atoms. The number of carbonyl (C=O) groups excluding carboxylic acids is 2. The van der Waals surface area contributed by atoms with E-state index in [1.165, 1.54) is 11.1 Å². The predicted octanol–water partition coefficient (Wildman–Crippen LogP) is 3.80. The van der Waals surface area contributed by atoms with Gasteiger partial charge in [0.15, 0.2) is 0 Å². The van der Waals surface area contributed by atoms with Crippen molar-refractivity contribution in [2.75, 3.05) is 11.9 Å². The van der Waals surface area contributed by atoms with E-state index in [1.54, 1.807) is 6.92 Å². The van der Waals surface area contributed by atoms with E-state index in [4.69, 9.17) is 0 Å². The minimum absolute atomic E-state index is 0.0901. The number of anilines is 1. The third-order valence-electron chi connectivity index (χ3n) is 4.68. The van der Waals surface area contributed by atoms with Crippen LogP contribution in [0.5, 0.6) is 0 Å². The van der Waals surface area contributed by atoms with Gasteiger partial charge in [-0.25, -0.2) is 0 Å². The molecule has 2 aromatic carbocycles. The third kappa shape index (κ3) is 4.08. The van der Waals surface area contributed by atoms with Crippen LogP contribution in [-0.4, -0.2) is 23.3 Å². The van der Waals surface area contributed by atoms with E-state index >= 15 is 0 Å². The van der Waals surface area contributed by atoms with Gasteiger partial charge in [0.1, 0.15) is 0 Å². The van der Waals surface area contributed by atoms with Gasteiger partial charge < -0.3 is 10.2 Å². The number of amides is 2. The molecule has 4 nitrogen and oxygen atoms in total. The fourth-order valence-electron chi connectivity index (χ4n) is 3.22. The number of nitrogens with one attached hydrogen (secondary N) is 1. The van der Waals surface area contributed by atoms with Crippen LogP contribution in [0.15, 0.2) is 42.5 Å². The lowest BCUT2D eigenvalue weighted by atomic mass is 9.99. The molecule has 4 heteroatoms. The van der Waals surface area contributed by atoms with Crippen LogP contribution in [0, 0.1) is 0 Å². The molecular formula is C21H24N2O2. The second kappa shape index (κ2) is 7.51. The molecule has 1 aliphatic rings. The molecule has 3 rings (SSSR count). The van der Waals surface area contributed by atoms with Crippen LogP contribution in [0.25, 0.3) is 0 Å². The van der Waals surface area contributed by atoms with E-state index in [1.807, 2.05) is 47.4 Å². The summed E-state index contributed by atoms with van der Waals surface area (Å²) in [6.07, 6.45) is 2.99. The number of nitrogens with zero attached hydrogens (tertiary/aromatic N) is 1. The molecule has 0 aromatic heterocycles. The minimum Gasteiger partial charge on any atom is -0.338 e. The molecule has 0 radical (unpaired) electrons. The summed E-state index contributed by atoms with van der Waals surface area (Å²) in [5, 5.41) is 2.96. The molecule has 0 atom stereocenters. The summed E-state index contributed by atoms with van der Waals surface area (Å²) in [5.74, 6) is -0.0190. The fraction of sp³-hybridized carbons (Fsp3) is 0.333. The highest BCUT2D eigenvalue weighted by Gasteiger charge is 2.18. The molecule has 2 amide bonds. The summed E-state index contributed by atoms with van der Waals surface area (Å²) in [6, 6.07) is 13.7. The molecule has 0 aliphatic carbocycles. The van der Waals surface area contributed by atoms with Gasteiger partial charge in [-0.3, -0.25) is 9.59 Å². The SMILES string of the molecule is CCCc1ccc(C(=O)Nc2ccc3c(c2)CN(C(C)=O)CC3)cc1. The zero-order valence-corrected chi connectivity index (χ0v) is 14.8.